The van der Waals surface area contributed by atoms with E-state index in [0.29, 0.717) is 11.3 Å². The van der Waals surface area contributed by atoms with E-state index in [1.165, 1.54) is 6.92 Å². The largest absolute Gasteiger partial charge is 0.297 e. The van der Waals surface area contributed by atoms with Crippen LogP contribution in [-0.4, -0.2) is 11.5 Å². The zero-order chi connectivity index (χ0) is 11.5. The normalized spacial score (nSPS) is 15.9. The van der Waals surface area contributed by atoms with Gasteiger partial charge in [-0.15, -0.1) is 0 Å². The van der Waals surface area contributed by atoms with Crippen LogP contribution in [0.3, 0.4) is 0 Å². The molecule has 0 N–H and O–H groups in total. The third-order valence-corrected chi connectivity index (χ3v) is 3.29. The number of hydrogen-bond acceptors (Lipinski definition) is 2. The fourth-order valence-corrected chi connectivity index (χ4v) is 1.73. The van der Waals surface area contributed by atoms with Gasteiger partial charge in [0.15, 0.2) is 10.7 Å². The van der Waals surface area contributed by atoms with Crippen molar-refractivity contribution in [3.8, 4) is 0 Å². The molecule has 0 spiro atoms. The second-order valence-corrected chi connectivity index (χ2v) is 3.99. The molecule has 0 saturated carbocycles. The average Bonchev–Trinajstić information content (AvgIpc) is 2.27. The van der Waals surface area contributed by atoms with Gasteiger partial charge in [-0.05, 0) is 19.4 Å². The molecule has 0 heterocycles. The van der Waals surface area contributed by atoms with E-state index in [9.17, 15) is 4.79 Å². The molecule has 0 aliphatic rings. The summed E-state index contributed by atoms with van der Waals surface area (Å²) in [4.78, 5) is 10.3. The first-order valence-electron chi connectivity index (χ1n) is 4.45. The van der Waals surface area contributed by atoms with Crippen molar-refractivity contribution in [1.82, 2.24) is 0 Å². The lowest BCUT2D eigenvalue weighted by atomic mass is 9.90. The van der Waals surface area contributed by atoms with Gasteiger partial charge in [0.2, 0.25) is 0 Å². The standard InChI is InChI=1S/C11H11Cl2NO/c1-8(14-13)11(12,9(2)15)10-6-4-3-5-7-10/h3-7H,1-2H3/t11-/m1/s1. The number of ketones is 1. The van der Waals surface area contributed by atoms with Gasteiger partial charge in [-0.2, -0.15) is 4.51 Å². The summed E-state index contributed by atoms with van der Waals surface area (Å²) < 4.78 is 3.49. The highest BCUT2D eigenvalue weighted by atomic mass is 35.5. The van der Waals surface area contributed by atoms with Gasteiger partial charge in [0, 0.05) is 11.8 Å². The van der Waals surface area contributed by atoms with E-state index < -0.39 is 4.87 Å². The maximum atomic E-state index is 11.6. The zero-order valence-electron chi connectivity index (χ0n) is 8.50. The van der Waals surface area contributed by atoms with Crippen molar-refractivity contribution in [2.24, 2.45) is 4.51 Å². The summed E-state index contributed by atoms with van der Waals surface area (Å²) in [5, 5.41) is 0. The second-order valence-electron chi connectivity index (χ2n) is 3.25. The molecule has 0 fully saturated rings. The number of carbonyl (C=O) groups excluding carboxylic acids is 1. The fourth-order valence-electron chi connectivity index (χ4n) is 1.39. The van der Waals surface area contributed by atoms with E-state index in [1.54, 1.807) is 19.1 Å². The van der Waals surface area contributed by atoms with Crippen LogP contribution in [0, 0.1) is 0 Å². The van der Waals surface area contributed by atoms with Crippen LogP contribution in [0.25, 0.3) is 0 Å². The lowest BCUT2D eigenvalue weighted by Gasteiger charge is -2.23. The molecule has 0 aliphatic carbocycles. The Bertz CT molecular complexity index is 389. The number of rotatable bonds is 3. The number of benzene rings is 1. The predicted octanol–water partition coefficient (Wildman–Crippen LogP) is 3.32. The number of hydrogen-bond donors (Lipinski definition) is 0. The Labute approximate surface area is 99.0 Å². The van der Waals surface area contributed by atoms with Crippen molar-refractivity contribution in [1.29, 1.82) is 0 Å². The molecule has 0 aromatic heterocycles. The SMILES string of the molecule is CC(=O)[C@](Cl)(C(C)=NCl)c1ccccc1. The van der Waals surface area contributed by atoms with Crippen LogP contribution >= 0.6 is 23.4 Å². The second kappa shape index (κ2) is 4.77. The molecular formula is C11H11Cl2NO. The molecule has 4 heteroatoms. The van der Waals surface area contributed by atoms with Crippen molar-refractivity contribution in [3.05, 3.63) is 35.9 Å². The van der Waals surface area contributed by atoms with E-state index in [0.717, 1.165) is 0 Å². The summed E-state index contributed by atoms with van der Waals surface area (Å²) in [5.74, 6) is -0.197. The van der Waals surface area contributed by atoms with Gasteiger partial charge in [-0.3, -0.25) is 4.79 Å². The molecule has 0 unspecified atom stereocenters. The van der Waals surface area contributed by atoms with Gasteiger partial charge in [0.05, 0.1) is 5.71 Å². The molecular weight excluding hydrogens is 233 g/mol. The highest BCUT2D eigenvalue weighted by molar-refractivity contribution is 6.48. The van der Waals surface area contributed by atoms with Crippen LogP contribution in [0.2, 0.25) is 0 Å². The molecule has 1 aromatic carbocycles. The van der Waals surface area contributed by atoms with Gasteiger partial charge in [0.1, 0.15) is 0 Å². The number of nitrogens with zero attached hydrogens (tertiary/aromatic N) is 1. The Morgan fingerprint density at radius 2 is 1.80 bits per heavy atom. The van der Waals surface area contributed by atoms with E-state index in [4.69, 9.17) is 23.4 Å². The predicted molar refractivity (Wildman–Crippen MR) is 63.6 cm³/mol. The molecule has 0 bridgehead atoms. The number of halogens is 2. The summed E-state index contributed by atoms with van der Waals surface area (Å²) in [6.45, 7) is 3.06. The highest BCUT2D eigenvalue weighted by Crippen LogP contribution is 2.32. The fraction of sp³-hybridized carbons (Fsp3) is 0.273. The molecule has 1 aromatic rings. The Balaban J connectivity index is 3.32. The van der Waals surface area contributed by atoms with Gasteiger partial charge in [-0.1, -0.05) is 41.9 Å². The molecule has 0 saturated heterocycles. The Hall–Kier alpha value is -0.860. The van der Waals surface area contributed by atoms with Crippen LogP contribution in [-0.2, 0) is 9.67 Å². The minimum absolute atomic E-state index is 0.197. The van der Waals surface area contributed by atoms with E-state index in [2.05, 4.69) is 4.51 Å². The molecule has 1 rings (SSSR count). The number of Topliss-reactive ketones (excluding diaryl/α,β-unsaturated/α-hetero) is 1. The van der Waals surface area contributed by atoms with Crippen molar-refractivity contribution in [2.75, 3.05) is 0 Å². The summed E-state index contributed by atoms with van der Waals surface area (Å²) in [6.07, 6.45) is 0. The first-order chi connectivity index (χ1) is 7.03. The lowest BCUT2D eigenvalue weighted by molar-refractivity contribution is -0.118. The van der Waals surface area contributed by atoms with E-state index in [-0.39, 0.29) is 5.78 Å². The van der Waals surface area contributed by atoms with Crippen molar-refractivity contribution >= 4 is 34.9 Å². The molecule has 80 valence electrons. The third-order valence-electron chi connectivity index (χ3n) is 2.28. The van der Waals surface area contributed by atoms with Crippen LogP contribution < -0.4 is 0 Å². The summed E-state index contributed by atoms with van der Waals surface area (Å²) in [5.41, 5.74) is 1.06. The number of carbonyl (C=O) groups is 1. The monoisotopic (exact) mass is 243 g/mol. The summed E-state index contributed by atoms with van der Waals surface area (Å²) in [7, 11) is 0. The van der Waals surface area contributed by atoms with Crippen LogP contribution in [0.1, 0.15) is 19.4 Å². The smallest absolute Gasteiger partial charge is 0.166 e. The quantitative estimate of drug-likeness (QED) is 0.592. The first-order valence-corrected chi connectivity index (χ1v) is 5.16. The minimum Gasteiger partial charge on any atom is -0.297 e. The molecule has 0 aliphatic heterocycles. The average molecular weight is 244 g/mol. The Kier molecular flexibility index (Phi) is 3.89. The van der Waals surface area contributed by atoms with E-state index in [1.807, 2.05) is 18.2 Å². The maximum Gasteiger partial charge on any atom is 0.166 e. The van der Waals surface area contributed by atoms with Crippen LogP contribution in [0.15, 0.2) is 34.8 Å². The van der Waals surface area contributed by atoms with Gasteiger partial charge >= 0.3 is 0 Å². The van der Waals surface area contributed by atoms with E-state index >= 15 is 0 Å². The van der Waals surface area contributed by atoms with Gasteiger partial charge in [-0.25, -0.2) is 0 Å². The topological polar surface area (TPSA) is 29.4 Å². The molecule has 2 nitrogen and oxygen atoms in total. The highest BCUT2D eigenvalue weighted by Gasteiger charge is 2.38. The molecule has 1 atom stereocenters. The lowest BCUT2D eigenvalue weighted by Crippen LogP contribution is -2.35. The number of alkyl halides is 1. The van der Waals surface area contributed by atoms with Crippen LogP contribution in [0.4, 0.5) is 0 Å². The Morgan fingerprint density at radius 3 is 2.20 bits per heavy atom. The van der Waals surface area contributed by atoms with Crippen molar-refractivity contribution in [3.63, 3.8) is 0 Å². The third kappa shape index (κ3) is 2.21. The van der Waals surface area contributed by atoms with Crippen LogP contribution in [0.5, 0.6) is 0 Å². The van der Waals surface area contributed by atoms with Crippen molar-refractivity contribution < 1.29 is 4.79 Å². The van der Waals surface area contributed by atoms with Gasteiger partial charge in [0.25, 0.3) is 0 Å². The molecule has 0 radical (unpaired) electrons. The maximum absolute atomic E-state index is 11.6. The Morgan fingerprint density at radius 1 is 1.27 bits per heavy atom. The summed E-state index contributed by atoms with van der Waals surface area (Å²) >= 11 is 11.7. The zero-order valence-corrected chi connectivity index (χ0v) is 10.0. The van der Waals surface area contributed by atoms with Gasteiger partial charge < -0.3 is 0 Å². The van der Waals surface area contributed by atoms with Crippen molar-refractivity contribution in [2.45, 2.75) is 18.7 Å². The summed E-state index contributed by atoms with van der Waals surface area (Å²) in [6, 6.07) is 9.04. The molecule has 15 heavy (non-hydrogen) atoms. The minimum atomic E-state index is -1.25. The first kappa shape index (κ1) is 12.2. The molecule has 0 amide bonds.